The SMILES string of the molecule is [N-]=[N+]=NS(=O)(=O)CCNC(=O)c1cc(N=Nc2ccc(C(=O)O)cc2)ccc1O. The van der Waals surface area contributed by atoms with E-state index in [1.807, 2.05) is 0 Å². The number of aromatic hydroxyl groups is 1. The van der Waals surface area contributed by atoms with Gasteiger partial charge in [0.25, 0.3) is 5.91 Å². The van der Waals surface area contributed by atoms with E-state index in [0.717, 1.165) is 0 Å². The van der Waals surface area contributed by atoms with Crippen LogP contribution in [0.2, 0.25) is 0 Å². The quantitative estimate of drug-likeness (QED) is 0.335. The van der Waals surface area contributed by atoms with Crippen LogP contribution >= 0.6 is 0 Å². The van der Waals surface area contributed by atoms with Gasteiger partial charge in [-0.15, -0.1) is 0 Å². The molecule has 29 heavy (non-hydrogen) atoms. The number of nitrogens with zero attached hydrogens (tertiary/aromatic N) is 5. The van der Waals surface area contributed by atoms with Crippen LogP contribution in [0.3, 0.4) is 0 Å². The van der Waals surface area contributed by atoms with Crippen molar-refractivity contribution in [2.45, 2.75) is 0 Å². The van der Waals surface area contributed by atoms with Gasteiger partial charge in [-0.2, -0.15) is 10.2 Å². The Hall–Kier alpha value is -3.96. The Morgan fingerprint density at radius 1 is 1.07 bits per heavy atom. The molecule has 2 aromatic rings. The summed E-state index contributed by atoms with van der Waals surface area (Å²) in [5, 5.41) is 28.8. The molecule has 3 N–H and O–H groups in total. The number of carbonyl (C=O) groups is 2. The molecular formula is C16H14N6O6S. The molecule has 2 aromatic carbocycles. The third kappa shape index (κ3) is 6.30. The van der Waals surface area contributed by atoms with Crippen LogP contribution in [0.25, 0.3) is 10.4 Å². The zero-order chi connectivity index (χ0) is 21.4. The van der Waals surface area contributed by atoms with Gasteiger partial charge in [-0.1, -0.05) is 0 Å². The number of carboxylic acids is 1. The molecule has 0 bridgehead atoms. The lowest BCUT2D eigenvalue weighted by Crippen LogP contribution is -2.28. The summed E-state index contributed by atoms with van der Waals surface area (Å²) in [6, 6.07) is 9.46. The standard InChI is InChI=1S/C16H14N6O6S/c17-21-22-29(27,28)8-7-18-15(24)13-9-12(5-6-14(13)23)20-19-11-3-1-10(2-4-11)16(25)26/h1-6,9,23H,7-8H2,(H,18,24)(H,25,26). The van der Waals surface area contributed by atoms with E-state index < -0.39 is 27.7 Å². The molecule has 0 aromatic heterocycles. The molecule has 2 rings (SSSR count). The predicted molar refractivity (Wildman–Crippen MR) is 101 cm³/mol. The van der Waals surface area contributed by atoms with Gasteiger partial charge in [-0.05, 0) is 48.0 Å². The lowest BCUT2D eigenvalue weighted by Gasteiger charge is -2.06. The second-order valence-corrected chi connectivity index (χ2v) is 7.20. The van der Waals surface area contributed by atoms with E-state index >= 15 is 0 Å². The molecular weight excluding hydrogens is 404 g/mol. The first-order valence-electron chi connectivity index (χ1n) is 7.87. The number of amides is 1. The molecule has 0 aliphatic heterocycles. The third-order valence-corrected chi connectivity index (χ3v) is 4.47. The van der Waals surface area contributed by atoms with Crippen molar-refractivity contribution in [2.75, 3.05) is 12.3 Å². The lowest BCUT2D eigenvalue weighted by atomic mass is 10.1. The zero-order valence-corrected chi connectivity index (χ0v) is 15.4. The molecule has 12 nitrogen and oxygen atoms in total. The molecule has 0 atom stereocenters. The number of carbonyl (C=O) groups excluding carboxylic acids is 1. The number of rotatable bonds is 8. The van der Waals surface area contributed by atoms with E-state index in [0.29, 0.717) is 5.69 Å². The van der Waals surface area contributed by atoms with Crippen molar-refractivity contribution in [3.8, 4) is 5.75 Å². The first kappa shape index (κ1) is 21.3. The fourth-order valence-electron chi connectivity index (χ4n) is 2.04. The summed E-state index contributed by atoms with van der Waals surface area (Å²) in [6.07, 6.45) is 0. The predicted octanol–water partition coefficient (Wildman–Crippen LogP) is 2.88. The highest BCUT2D eigenvalue weighted by molar-refractivity contribution is 7.90. The maximum atomic E-state index is 12.1. The van der Waals surface area contributed by atoms with Crippen molar-refractivity contribution in [3.05, 3.63) is 64.0 Å². The summed E-state index contributed by atoms with van der Waals surface area (Å²) < 4.78 is 25.2. The Kier molecular flexibility index (Phi) is 6.85. The minimum Gasteiger partial charge on any atom is -0.507 e. The maximum absolute atomic E-state index is 12.1. The summed E-state index contributed by atoms with van der Waals surface area (Å²) >= 11 is 0. The zero-order valence-electron chi connectivity index (χ0n) is 14.6. The number of azide groups is 1. The van der Waals surface area contributed by atoms with Gasteiger partial charge in [-0.3, -0.25) is 4.79 Å². The Morgan fingerprint density at radius 2 is 1.69 bits per heavy atom. The highest BCUT2D eigenvalue weighted by Gasteiger charge is 2.14. The van der Waals surface area contributed by atoms with Crippen LogP contribution in [0, 0.1) is 0 Å². The summed E-state index contributed by atoms with van der Waals surface area (Å²) in [4.78, 5) is 25.1. The van der Waals surface area contributed by atoms with Gasteiger partial charge in [0.2, 0.25) is 10.0 Å². The number of aromatic carboxylic acids is 1. The highest BCUT2D eigenvalue weighted by Crippen LogP contribution is 2.25. The number of phenols is 1. The molecule has 0 aliphatic rings. The van der Waals surface area contributed by atoms with Gasteiger partial charge >= 0.3 is 5.97 Å². The van der Waals surface area contributed by atoms with E-state index in [4.69, 9.17) is 10.6 Å². The van der Waals surface area contributed by atoms with E-state index in [9.17, 15) is 23.1 Å². The van der Waals surface area contributed by atoms with E-state index in [1.54, 1.807) is 0 Å². The van der Waals surface area contributed by atoms with Crippen molar-refractivity contribution in [1.29, 1.82) is 0 Å². The number of benzene rings is 2. The third-order valence-electron chi connectivity index (χ3n) is 3.43. The molecule has 150 valence electrons. The van der Waals surface area contributed by atoms with Gasteiger partial charge in [0, 0.05) is 16.0 Å². The molecule has 0 unspecified atom stereocenters. The summed E-state index contributed by atoms with van der Waals surface area (Å²) in [7, 11) is -4.01. The molecule has 0 radical (unpaired) electrons. The first-order valence-corrected chi connectivity index (χ1v) is 9.48. The fraction of sp³-hybridized carbons (Fsp3) is 0.125. The molecule has 0 fully saturated rings. The number of hydrogen-bond acceptors (Lipinski definition) is 7. The van der Waals surface area contributed by atoms with Gasteiger partial charge in [0.1, 0.15) is 5.75 Å². The lowest BCUT2D eigenvalue weighted by molar-refractivity contribution is 0.0696. The van der Waals surface area contributed by atoms with Crippen LogP contribution in [0.15, 0.2) is 57.2 Å². The normalized spacial score (nSPS) is 11.0. The first-order chi connectivity index (χ1) is 13.7. The van der Waals surface area contributed by atoms with Gasteiger partial charge < -0.3 is 15.5 Å². The summed E-state index contributed by atoms with van der Waals surface area (Å²) in [5.74, 6) is -2.79. The van der Waals surface area contributed by atoms with Crippen molar-refractivity contribution in [3.63, 3.8) is 0 Å². The second kappa shape index (κ2) is 9.30. The topological polar surface area (TPSA) is 194 Å². The van der Waals surface area contributed by atoms with E-state index in [1.165, 1.54) is 42.5 Å². The molecule has 0 saturated heterocycles. The minimum absolute atomic E-state index is 0.0926. The largest absolute Gasteiger partial charge is 0.507 e. The Morgan fingerprint density at radius 3 is 2.31 bits per heavy atom. The van der Waals surface area contributed by atoms with E-state index in [2.05, 4.69) is 25.0 Å². The summed E-state index contributed by atoms with van der Waals surface area (Å²) in [5.41, 5.74) is 8.66. The maximum Gasteiger partial charge on any atom is 0.335 e. The number of nitrogens with one attached hydrogen (secondary N) is 1. The second-order valence-electron chi connectivity index (χ2n) is 5.47. The number of carboxylic acid groups (broad SMARTS) is 1. The van der Waals surface area contributed by atoms with Crippen LogP contribution in [0.1, 0.15) is 20.7 Å². The van der Waals surface area contributed by atoms with Crippen LogP contribution < -0.4 is 5.32 Å². The van der Waals surface area contributed by atoms with Crippen LogP contribution in [-0.2, 0) is 10.0 Å². The molecule has 1 amide bonds. The number of phenolic OH excluding ortho intramolecular Hbond substituents is 1. The Balaban J connectivity index is 2.09. The number of hydrogen-bond donors (Lipinski definition) is 3. The molecule has 0 aliphatic carbocycles. The monoisotopic (exact) mass is 418 g/mol. The Labute approximate surface area is 164 Å². The summed E-state index contributed by atoms with van der Waals surface area (Å²) in [6.45, 7) is -0.332. The van der Waals surface area contributed by atoms with Gasteiger partial charge in [-0.25, -0.2) is 13.2 Å². The van der Waals surface area contributed by atoms with Crippen molar-refractivity contribution in [2.24, 2.45) is 14.7 Å². The molecule has 0 spiro atoms. The smallest absolute Gasteiger partial charge is 0.335 e. The molecule has 0 heterocycles. The van der Waals surface area contributed by atoms with Crippen LogP contribution in [-0.4, -0.2) is 42.8 Å². The number of sulfonamides is 1. The number of azo groups is 1. The average molecular weight is 418 g/mol. The van der Waals surface area contributed by atoms with Crippen molar-refractivity contribution < 1.29 is 28.2 Å². The van der Waals surface area contributed by atoms with Crippen LogP contribution in [0.4, 0.5) is 11.4 Å². The molecule has 0 saturated carbocycles. The van der Waals surface area contributed by atoms with Crippen LogP contribution in [0.5, 0.6) is 5.75 Å². The van der Waals surface area contributed by atoms with Gasteiger partial charge in [0.05, 0.1) is 28.3 Å². The molecule has 13 heteroatoms. The average Bonchev–Trinajstić information content (AvgIpc) is 2.67. The minimum atomic E-state index is -4.01. The van der Waals surface area contributed by atoms with Gasteiger partial charge in [0.15, 0.2) is 0 Å². The van der Waals surface area contributed by atoms with E-state index in [-0.39, 0.29) is 29.1 Å². The fourth-order valence-corrected chi connectivity index (χ4v) is 2.59. The van der Waals surface area contributed by atoms with Crippen molar-refractivity contribution in [1.82, 2.24) is 5.32 Å². The van der Waals surface area contributed by atoms with Crippen molar-refractivity contribution >= 4 is 33.3 Å². The Bertz CT molecular complexity index is 1110. The highest BCUT2D eigenvalue weighted by atomic mass is 32.2.